The largest absolute Gasteiger partial charge is 0.368 e. The Morgan fingerprint density at radius 2 is 1.84 bits per heavy atom. The van der Waals surface area contributed by atoms with Gasteiger partial charge < -0.3 is 20.1 Å². The van der Waals surface area contributed by atoms with Crippen molar-refractivity contribution >= 4 is 38.6 Å². The highest BCUT2D eigenvalue weighted by Gasteiger charge is 2.27. The molecule has 172 valence electrons. The number of anilines is 3. The van der Waals surface area contributed by atoms with Crippen LogP contribution in [0.2, 0.25) is 0 Å². The number of piperazine rings is 1. The predicted octanol–water partition coefficient (Wildman–Crippen LogP) is 2.11. The van der Waals surface area contributed by atoms with Crippen molar-refractivity contribution in [2.45, 2.75) is 18.7 Å². The fraction of sp³-hybridized carbons (Fsp3) is 0.476. The van der Waals surface area contributed by atoms with Gasteiger partial charge in [-0.25, -0.2) is 13.4 Å². The molecule has 1 aromatic carbocycles. The number of rotatable bonds is 7. The number of nitrogens with one attached hydrogen (secondary N) is 2. The van der Waals surface area contributed by atoms with Gasteiger partial charge in [-0.3, -0.25) is 0 Å². The molecule has 1 aliphatic rings. The van der Waals surface area contributed by atoms with Gasteiger partial charge in [-0.15, -0.1) is 0 Å². The average Bonchev–Trinajstić information content (AvgIpc) is 3.13. The van der Waals surface area contributed by atoms with Gasteiger partial charge in [0.2, 0.25) is 16.0 Å². The Balaban J connectivity index is 1.61. The Bertz CT molecular complexity index is 1200. The van der Waals surface area contributed by atoms with Crippen LogP contribution in [0, 0.1) is 5.92 Å². The maximum absolute atomic E-state index is 13.1. The van der Waals surface area contributed by atoms with E-state index in [0.717, 1.165) is 19.6 Å². The van der Waals surface area contributed by atoms with Crippen LogP contribution in [0.4, 0.5) is 17.5 Å². The van der Waals surface area contributed by atoms with E-state index in [1.54, 1.807) is 30.6 Å². The Morgan fingerprint density at radius 1 is 1.09 bits per heavy atom. The van der Waals surface area contributed by atoms with E-state index in [4.69, 9.17) is 0 Å². The number of hydrogen-bond donors (Lipinski definition) is 2. The summed E-state index contributed by atoms with van der Waals surface area (Å²) in [5.41, 5.74) is 2.00. The van der Waals surface area contributed by atoms with Crippen molar-refractivity contribution in [2.75, 3.05) is 50.4 Å². The molecule has 11 heteroatoms. The Morgan fingerprint density at radius 3 is 2.56 bits per heavy atom. The van der Waals surface area contributed by atoms with Crippen LogP contribution in [0.3, 0.4) is 0 Å². The number of likely N-dealkylation sites (N-methyl/N-ethyl adjacent to an activating group) is 1. The first kappa shape index (κ1) is 22.4. The molecule has 0 amide bonds. The minimum absolute atomic E-state index is 0.256. The fourth-order valence-corrected chi connectivity index (χ4v) is 5.00. The molecule has 3 heterocycles. The Labute approximate surface area is 188 Å². The SMILES string of the molecule is CC(C)CNc1nc(Nc2cccc(S(=O)(=O)N3CCN(C)CC3)c2)nc2c1ncn2C. The third-order valence-electron chi connectivity index (χ3n) is 5.43. The molecule has 0 atom stereocenters. The number of imidazole rings is 1. The minimum atomic E-state index is -3.56. The van der Waals surface area contributed by atoms with Gasteiger partial charge in [-0.05, 0) is 31.2 Å². The van der Waals surface area contributed by atoms with E-state index in [1.165, 1.54) is 4.31 Å². The van der Waals surface area contributed by atoms with Crippen molar-refractivity contribution in [3.05, 3.63) is 30.6 Å². The van der Waals surface area contributed by atoms with Crippen LogP contribution in [-0.4, -0.2) is 76.9 Å². The number of aromatic nitrogens is 4. The lowest BCUT2D eigenvalue weighted by Crippen LogP contribution is -2.47. The molecule has 1 fully saturated rings. The molecule has 10 nitrogen and oxygen atoms in total. The van der Waals surface area contributed by atoms with Crippen LogP contribution < -0.4 is 10.6 Å². The monoisotopic (exact) mass is 458 g/mol. The van der Waals surface area contributed by atoms with Crippen LogP contribution in [0.15, 0.2) is 35.5 Å². The van der Waals surface area contributed by atoms with Gasteiger partial charge in [0.15, 0.2) is 17.0 Å². The second kappa shape index (κ2) is 9.00. The van der Waals surface area contributed by atoms with Crippen molar-refractivity contribution < 1.29 is 8.42 Å². The third kappa shape index (κ3) is 4.69. The summed E-state index contributed by atoms with van der Waals surface area (Å²) in [5.74, 6) is 1.46. The van der Waals surface area contributed by atoms with Gasteiger partial charge in [0, 0.05) is 45.5 Å². The van der Waals surface area contributed by atoms with E-state index >= 15 is 0 Å². The lowest BCUT2D eigenvalue weighted by molar-refractivity contribution is 0.222. The normalized spacial score (nSPS) is 16.0. The van der Waals surface area contributed by atoms with Gasteiger partial charge in [0.1, 0.15) is 0 Å². The molecule has 1 saturated heterocycles. The molecule has 0 bridgehead atoms. The summed E-state index contributed by atoms with van der Waals surface area (Å²) in [6.45, 7) is 7.42. The van der Waals surface area contributed by atoms with Crippen molar-refractivity contribution in [1.29, 1.82) is 0 Å². The van der Waals surface area contributed by atoms with Gasteiger partial charge in [-0.2, -0.15) is 14.3 Å². The van der Waals surface area contributed by atoms with E-state index in [9.17, 15) is 8.42 Å². The zero-order valence-corrected chi connectivity index (χ0v) is 19.7. The molecule has 2 aromatic heterocycles. The summed E-state index contributed by atoms with van der Waals surface area (Å²) in [7, 11) is 0.315. The number of aryl methyl sites for hydroxylation is 1. The predicted molar refractivity (Wildman–Crippen MR) is 126 cm³/mol. The smallest absolute Gasteiger partial charge is 0.243 e. The van der Waals surface area contributed by atoms with Crippen molar-refractivity contribution in [3.8, 4) is 0 Å². The number of benzene rings is 1. The van der Waals surface area contributed by atoms with E-state index in [1.807, 2.05) is 18.7 Å². The summed E-state index contributed by atoms with van der Waals surface area (Å²) in [5, 5.41) is 6.50. The third-order valence-corrected chi connectivity index (χ3v) is 7.32. The molecule has 0 radical (unpaired) electrons. The first-order valence-corrected chi connectivity index (χ1v) is 12.2. The highest BCUT2D eigenvalue weighted by atomic mass is 32.2. The van der Waals surface area contributed by atoms with Crippen LogP contribution in [0.25, 0.3) is 11.2 Å². The zero-order chi connectivity index (χ0) is 22.9. The van der Waals surface area contributed by atoms with E-state index in [2.05, 4.69) is 44.3 Å². The van der Waals surface area contributed by atoms with Gasteiger partial charge in [0.05, 0.1) is 11.2 Å². The first-order chi connectivity index (χ1) is 15.2. The molecular formula is C21H30N8O2S. The Hall–Kier alpha value is -2.76. The molecular weight excluding hydrogens is 428 g/mol. The summed E-state index contributed by atoms with van der Waals surface area (Å²) in [6.07, 6.45) is 1.70. The molecule has 4 rings (SSSR count). The van der Waals surface area contributed by atoms with E-state index in [-0.39, 0.29) is 4.90 Å². The zero-order valence-electron chi connectivity index (χ0n) is 18.9. The molecule has 0 aliphatic carbocycles. The fourth-order valence-electron chi connectivity index (χ4n) is 3.53. The second-order valence-corrected chi connectivity index (χ2v) is 10.5. The molecule has 0 unspecified atom stereocenters. The maximum atomic E-state index is 13.1. The molecule has 0 spiro atoms. The summed E-state index contributed by atoms with van der Waals surface area (Å²) < 4.78 is 29.6. The van der Waals surface area contributed by atoms with Gasteiger partial charge in [-0.1, -0.05) is 19.9 Å². The number of hydrogen-bond acceptors (Lipinski definition) is 8. The molecule has 32 heavy (non-hydrogen) atoms. The lowest BCUT2D eigenvalue weighted by atomic mass is 10.2. The van der Waals surface area contributed by atoms with Crippen LogP contribution >= 0.6 is 0 Å². The number of fused-ring (bicyclic) bond motifs is 1. The second-order valence-electron chi connectivity index (χ2n) is 8.56. The highest BCUT2D eigenvalue weighted by molar-refractivity contribution is 7.89. The van der Waals surface area contributed by atoms with Crippen LogP contribution in [0.1, 0.15) is 13.8 Å². The van der Waals surface area contributed by atoms with Crippen LogP contribution in [-0.2, 0) is 17.1 Å². The average molecular weight is 459 g/mol. The summed E-state index contributed by atoms with van der Waals surface area (Å²) in [6, 6.07) is 6.79. The first-order valence-electron chi connectivity index (χ1n) is 10.7. The van der Waals surface area contributed by atoms with Gasteiger partial charge >= 0.3 is 0 Å². The quantitative estimate of drug-likeness (QED) is 0.554. The number of nitrogens with zero attached hydrogens (tertiary/aromatic N) is 6. The minimum Gasteiger partial charge on any atom is -0.368 e. The van der Waals surface area contributed by atoms with Crippen molar-refractivity contribution in [3.63, 3.8) is 0 Å². The lowest BCUT2D eigenvalue weighted by Gasteiger charge is -2.31. The summed E-state index contributed by atoms with van der Waals surface area (Å²) in [4.78, 5) is 16.0. The van der Waals surface area contributed by atoms with Crippen LogP contribution in [0.5, 0.6) is 0 Å². The highest BCUT2D eigenvalue weighted by Crippen LogP contribution is 2.25. The number of sulfonamides is 1. The molecule has 1 aliphatic heterocycles. The molecule has 0 saturated carbocycles. The topological polar surface area (TPSA) is 108 Å². The molecule has 3 aromatic rings. The van der Waals surface area contributed by atoms with Crippen molar-refractivity contribution in [1.82, 2.24) is 28.7 Å². The van der Waals surface area contributed by atoms with Gasteiger partial charge in [0.25, 0.3) is 0 Å². The van der Waals surface area contributed by atoms with E-state index in [0.29, 0.717) is 47.6 Å². The summed E-state index contributed by atoms with van der Waals surface area (Å²) >= 11 is 0. The Kier molecular flexibility index (Phi) is 6.31. The van der Waals surface area contributed by atoms with E-state index < -0.39 is 10.0 Å². The molecule has 2 N–H and O–H groups in total. The van der Waals surface area contributed by atoms with Crippen molar-refractivity contribution in [2.24, 2.45) is 13.0 Å². The standard InChI is InChI=1S/C21H30N8O2S/c1-15(2)13-22-19-18-20(28(4)14-23-18)26-21(25-19)24-16-6-5-7-17(12-16)32(30,31)29-10-8-27(3)9-11-29/h5-7,12,14-15H,8-11,13H2,1-4H3,(H2,22,24,25,26). The maximum Gasteiger partial charge on any atom is 0.243 e.